The summed E-state index contributed by atoms with van der Waals surface area (Å²) in [4.78, 5) is 24.1. The van der Waals surface area contributed by atoms with E-state index < -0.39 is 0 Å². The maximum Gasteiger partial charge on any atom is 0.305 e. The number of hydrogen-bond donors (Lipinski definition) is 0. The maximum atomic E-state index is 11.9. The largest absolute Gasteiger partial charge is 0.466 e. The van der Waals surface area contributed by atoms with Crippen LogP contribution in [0.15, 0.2) is 29.2 Å². The number of hydrogen-bond acceptors (Lipinski definition) is 4. The lowest BCUT2D eigenvalue weighted by atomic mass is 10.1. The summed E-state index contributed by atoms with van der Waals surface area (Å²) in [7, 11) is 0. The Labute approximate surface area is 112 Å². The second-order valence-corrected chi connectivity index (χ2v) is 4.69. The molecule has 0 aliphatic heterocycles. The van der Waals surface area contributed by atoms with Crippen molar-refractivity contribution in [2.24, 2.45) is 0 Å². The topological polar surface area (TPSA) is 43.4 Å². The van der Waals surface area contributed by atoms with Gasteiger partial charge in [-0.25, -0.2) is 0 Å². The van der Waals surface area contributed by atoms with E-state index in [-0.39, 0.29) is 11.8 Å². The van der Waals surface area contributed by atoms with Gasteiger partial charge in [-0.05, 0) is 31.7 Å². The van der Waals surface area contributed by atoms with Crippen LogP contribution in [0.25, 0.3) is 0 Å². The molecule has 0 atom stereocenters. The monoisotopic (exact) mass is 266 g/mol. The van der Waals surface area contributed by atoms with Crippen molar-refractivity contribution in [1.82, 2.24) is 0 Å². The van der Waals surface area contributed by atoms with Gasteiger partial charge in [0.1, 0.15) is 0 Å². The number of ketones is 1. The molecule has 1 aromatic carbocycles. The first-order chi connectivity index (χ1) is 8.67. The van der Waals surface area contributed by atoms with Crippen molar-refractivity contribution in [2.75, 3.05) is 12.9 Å². The van der Waals surface area contributed by atoms with Gasteiger partial charge in [-0.2, -0.15) is 0 Å². The number of Topliss-reactive ketones (excluding diaryl/α,β-unsaturated/α-hetero) is 1. The summed E-state index contributed by atoms with van der Waals surface area (Å²) in [5, 5.41) is 0. The fraction of sp³-hybridized carbons (Fsp3) is 0.429. The van der Waals surface area contributed by atoms with Gasteiger partial charge in [0.05, 0.1) is 6.61 Å². The zero-order valence-electron chi connectivity index (χ0n) is 10.8. The third-order valence-corrected chi connectivity index (χ3v) is 3.21. The van der Waals surface area contributed by atoms with Crippen LogP contribution in [0.2, 0.25) is 0 Å². The molecule has 0 heterocycles. The summed E-state index contributed by atoms with van der Waals surface area (Å²) in [6, 6.07) is 7.55. The van der Waals surface area contributed by atoms with Crippen LogP contribution in [0.1, 0.15) is 36.5 Å². The van der Waals surface area contributed by atoms with Gasteiger partial charge in [0.25, 0.3) is 0 Å². The fourth-order valence-corrected chi connectivity index (χ4v) is 2.03. The molecule has 0 unspecified atom stereocenters. The van der Waals surface area contributed by atoms with Gasteiger partial charge in [-0.15, -0.1) is 11.8 Å². The highest BCUT2D eigenvalue weighted by Crippen LogP contribution is 2.17. The summed E-state index contributed by atoms with van der Waals surface area (Å²) in [6.45, 7) is 2.17. The fourth-order valence-electron chi connectivity index (χ4n) is 1.57. The van der Waals surface area contributed by atoms with Gasteiger partial charge >= 0.3 is 5.97 Å². The summed E-state index contributed by atoms with van der Waals surface area (Å²) in [5.74, 6) is -0.154. The van der Waals surface area contributed by atoms with Crippen molar-refractivity contribution < 1.29 is 14.3 Å². The number of thioether (sulfide) groups is 1. The second kappa shape index (κ2) is 7.93. The molecule has 0 aliphatic rings. The molecule has 98 valence electrons. The van der Waals surface area contributed by atoms with Crippen LogP contribution < -0.4 is 0 Å². The highest BCUT2D eigenvalue weighted by atomic mass is 32.2. The molecule has 3 nitrogen and oxygen atoms in total. The Morgan fingerprint density at radius 1 is 1.28 bits per heavy atom. The van der Waals surface area contributed by atoms with Gasteiger partial charge in [0, 0.05) is 23.3 Å². The predicted molar refractivity (Wildman–Crippen MR) is 73.0 cm³/mol. The van der Waals surface area contributed by atoms with Gasteiger partial charge in [0.15, 0.2) is 5.78 Å². The average molecular weight is 266 g/mol. The van der Waals surface area contributed by atoms with Crippen molar-refractivity contribution in [2.45, 2.75) is 31.1 Å². The molecule has 1 rings (SSSR count). The molecule has 0 amide bonds. The van der Waals surface area contributed by atoms with E-state index in [1.165, 1.54) is 0 Å². The molecule has 18 heavy (non-hydrogen) atoms. The summed E-state index contributed by atoms with van der Waals surface area (Å²) in [5.41, 5.74) is 0.714. The van der Waals surface area contributed by atoms with Crippen LogP contribution in [0.5, 0.6) is 0 Å². The quantitative estimate of drug-likeness (QED) is 0.431. The molecule has 0 aromatic heterocycles. The van der Waals surface area contributed by atoms with Crippen LogP contribution in [-0.2, 0) is 9.53 Å². The van der Waals surface area contributed by atoms with Gasteiger partial charge in [0.2, 0.25) is 0 Å². The smallest absolute Gasteiger partial charge is 0.305 e. The highest BCUT2D eigenvalue weighted by molar-refractivity contribution is 7.98. The summed E-state index contributed by atoms with van der Waals surface area (Å²) >= 11 is 1.61. The van der Waals surface area contributed by atoms with Crippen LogP contribution in [0.3, 0.4) is 0 Å². The van der Waals surface area contributed by atoms with E-state index in [2.05, 4.69) is 0 Å². The minimum Gasteiger partial charge on any atom is -0.466 e. The minimum absolute atomic E-state index is 0.0789. The van der Waals surface area contributed by atoms with Crippen LogP contribution in [0, 0.1) is 0 Å². The molecular weight excluding hydrogens is 248 g/mol. The van der Waals surface area contributed by atoms with Crippen LogP contribution >= 0.6 is 11.8 Å². The number of carbonyl (C=O) groups is 2. The molecule has 0 saturated carbocycles. The SMILES string of the molecule is CCOC(=O)CCCC(=O)c1cccc(SC)c1. The van der Waals surface area contributed by atoms with Crippen molar-refractivity contribution in [3.05, 3.63) is 29.8 Å². The van der Waals surface area contributed by atoms with Crippen molar-refractivity contribution in [1.29, 1.82) is 0 Å². The minimum atomic E-state index is -0.233. The van der Waals surface area contributed by atoms with Crippen molar-refractivity contribution in [3.8, 4) is 0 Å². The first-order valence-corrected chi connectivity index (χ1v) is 7.22. The second-order valence-electron chi connectivity index (χ2n) is 3.81. The average Bonchev–Trinajstić information content (AvgIpc) is 2.39. The third kappa shape index (κ3) is 4.92. The lowest BCUT2D eigenvalue weighted by molar-refractivity contribution is -0.143. The Kier molecular flexibility index (Phi) is 6.50. The van der Waals surface area contributed by atoms with Gasteiger partial charge in [-0.3, -0.25) is 9.59 Å². The maximum absolute atomic E-state index is 11.9. The summed E-state index contributed by atoms with van der Waals surface area (Å²) in [6.07, 6.45) is 3.21. The lowest BCUT2D eigenvalue weighted by Crippen LogP contribution is -2.05. The first-order valence-electron chi connectivity index (χ1n) is 6.00. The zero-order valence-corrected chi connectivity index (χ0v) is 11.6. The highest BCUT2D eigenvalue weighted by Gasteiger charge is 2.08. The normalized spacial score (nSPS) is 10.1. The zero-order chi connectivity index (χ0) is 13.4. The Balaban J connectivity index is 2.42. The van der Waals surface area contributed by atoms with Crippen molar-refractivity contribution in [3.63, 3.8) is 0 Å². The number of benzene rings is 1. The van der Waals surface area contributed by atoms with E-state index in [0.29, 0.717) is 31.4 Å². The molecule has 0 N–H and O–H groups in total. The van der Waals surface area contributed by atoms with Crippen molar-refractivity contribution >= 4 is 23.5 Å². The molecule has 0 radical (unpaired) electrons. The Morgan fingerprint density at radius 2 is 2.06 bits per heavy atom. The lowest BCUT2D eigenvalue weighted by Gasteiger charge is -2.03. The van der Waals surface area contributed by atoms with E-state index in [9.17, 15) is 9.59 Å². The molecule has 0 aliphatic carbocycles. The van der Waals surface area contributed by atoms with Gasteiger partial charge < -0.3 is 4.74 Å². The molecule has 0 fully saturated rings. The van der Waals surface area contributed by atoms with E-state index >= 15 is 0 Å². The van der Waals surface area contributed by atoms with E-state index in [1.807, 2.05) is 30.5 Å². The van der Waals surface area contributed by atoms with E-state index in [0.717, 1.165) is 4.90 Å². The van der Waals surface area contributed by atoms with Crippen LogP contribution in [-0.4, -0.2) is 24.6 Å². The molecule has 0 spiro atoms. The summed E-state index contributed by atoms with van der Waals surface area (Å²) < 4.78 is 4.81. The number of ether oxygens (including phenoxy) is 1. The molecule has 0 saturated heterocycles. The Bertz CT molecular complexity index is 415. The predicted octanol–water partition coefficient (Wildman–Crippen LogP) is 3.32. The number of esters is 1. The van der Waals surface area contributed by atoms with E-state index in [4.69, 9.17) is 4.74 Å². The number of rotatable bonds is 7. The molecule has 0 bridgehead atoms. The Hall–Kier alpha value is -1.29. The standard InChI is InChI=1S/C14H18O3S/c1-3-17-14(16)9-5-8-13(15)11-6-4-7-12(10-11)18-2/h4,6-7,10H,3,5,8-9H2,1-2H3. The van der Waals surface area contributed by atoms with E-state index in [1.54, 1.807) is 18.7 Å². The Morgan fingerprint density at radius 3 is 2.72 bits per heavy atom. The molecule has 1 aromatic rings. The molecule has 4 heteroatoms. The molecular formula is C14H18O3S. The number of carbonyl (C=O) groups excluding carboxylic acids is 2. The first kappa shape index (κ1) is 14.8. The van der Waals surface area contributed by atoms with Gasteiger partial charge in [-0.1, -0.05) is 12.1 Å². The third-order valence-electron chi connectivity index (χ3n) is 2.48. The van der Waals surface area contributed by atoms with Crippen LogP contribution in [0.4, 0.5) is 0 Å².